The van der Waals surface area contributed by atoms with Gasteiger partial charge in [0, 0.05) is 45.0 Å². The average Bonchev–Trinajstić information content (AvgIpc) is 2.65. The van der Waals surface area contributed by atoms with Crippen LogP contribution < -0.4 is 5.32 Å². The Hall–Kier alpha value is -2.15. The molecule has 0 spiro atoms. The smallest absolute Gasteiger partial charge is 0.321 e. The van der Waals surface area contributed by atoms with E-state index >= 15 is 0 Å². The highest BCUT2D eigenvalue weighted by Gasteiger charge is 2.24. The number of amides is 3. The highest BCUT2D eigenvalue weighted by molar-refractivity contribution is 5.89. The van der Waals surface area contributed by atoms with Gasteiger partial charge in [-0.1, -0.05) is 0 Å². The number of piperazine rings is 1. The standard InChI is InChI=1S/C18H25FN4O2/c19-15-4-6-16(7-5-15)20-18(25)23-12-10-21(11-13-23)14-17(24)22-8-2-1-3-9-22/h4-7H,1-3,8-14H2,(H,20,25). The van der Waals surface area contributed by atoms with E-state index in [0.717, 1.165) is 25.9 Å². The summed E-state index contributed by atoms with van der Waals surface area (Å²) in [6.45, 7) is 4.73. The van der Waals surface area contributed by atoms with Crippen LogP contribution in [-0.2, 0) is 4.79 Å². The summed E-state index contributed by atoms with van der Waals surface area (Å²) < 4.78 is 12.9. The summed E-state index contributed by atoms with van der Waals surface area (Å²) in [5.74, 6) is -0.131. The van der Waals surface area contributed by atoms with E-state index in [2.05, 4.69) is 10.2 Å². The van der Waals surface area contributed by atoms with E-state index in [-0.39, 0.29) is 17.8 Å². The van der Waals surface area contributed by atoms with Crippen LogP contribution in [0.1, 0.15) is 19.3 Å². The summed E-state index contributed by atoms with van der Waals surface area (Å²) >= 11 is 0. The number of likely N-dealkylation sites (tertiary alicyclic amines) is 1. The second kappa shape index (κ2) is 8.29. The zero-order valence-electron chi connectivity index (χ0n) is 14.4. The molecular formula is C18H25FN4O2. The Morgan fingerprint density at radius 2 is 1.52 bits per heavy atom. The predicted octanol–water partition coefficient (Wildman–Crippen LogP) is 1.99. The minimum absolute atomic E-state index is 0.186. The van der Waals surface area contributed by atoms with Gasteiger partial charge in [0.15, 0.2) is 0 Å². The van der Waals surface area contributed by atoms with Gasteiger partial charge in [0.1, 0.15) is 5.82 Å². The molecule has 0 atom stereocenters. The quantitative estimate of drug-likeness (QED) is 0.909. The molecule has 2 saturated heterocycles. The van der Waals surface area contributed by atoms with Crippen molar-refractivity contribution in [1.29, 1.82) is 0 Å². The number of carbonyl (C=O) groups is 2. The Bertz CT molecular complexity index is 594. The van der Waals surface area contributed by atoms with E-state index in [1.807, 2.05) is 4.90 Å². The number of halogens is 1. The number of anilines is 1. The molecule has 1 aromatic rings. The van der Waals surface area contributed by atoms with Crippen molar-refractivity contribution in [3.63, 3.8) is 0 Å². The lowest BCUT2D eigenvalue weighted by Gasteiger charge is -2.36. The highest BCUT2D eigenvalue weighted by Crippen LogP contribution is 2.12. The Morgan fingerprint density at radius 1 is 0.880 bits per heavy atom. The molecule has 0 unspecified atom stereocenters. The first kappa shape index (κ1) is 17.7. The number of carbonyl (C=O) groups excluding carboxylic acids is 2. The Kier molecular flexibility index (Phi) is 5.86. The maximum absolute atomic E-state index is 12.9. The lowest BCUT2D eigenvalue weighted by Crippen LogP contribution is -2.52. The molecule has 1 N–H and O–H groups in total. The number of hydrogen-bond acceptors (Lipinski definition) is 3. The van der Waals surface area contributed by atoms with Gasteiger partial charge in [0.25, 0.3) is 0 Å². The molecule has 2 aliphatic rings. The molecule has 25 heavy (non-hydrogen) atoms. The summed E-state index contributed by atoms with van der Waals surface area (Å²) in [5, 5.41) is 2.77. The molecule has 136 valence electrons. The zero-order valence-corrected chi connectivity index (χ0v) is 14.4. The van der Waals surface area contributed by atoms with Gasteiger partial charge in [-0.3, -0.25) is 9.69 Å². The number of hydrogen-bond donors (Lipinski definition) is 1. The fourth-order valence-corrected chi connectivity index (χ4v) is 3.28. The van der Waals surface area contributed by atoms with Crippen LogP contribution >= 0.6 is 0 Å². The SMILES string of the molecule is O=C(CN1CCN(C(=O)Nc2ccc(F)cc2)CC1)N1CCCCC1. The largest absolute Gasteiger partial charge is 0.342 e. The van der Waals surface area contributed by atoms with Crippen LogP contribution in [0.4, 0.5) is 14.9 Å². The van der Waals surface area contributed by atoms with Gasteiger partial charge in [0.2, 0.25) is 5.91 Å². The van der Waals surface area contributed by atoms with Crippen molar-refractivity contribution in [3.05, 3.63) is 30.1 Å². The highest BCUT2D eigenvalue weighted by atomic mass is 19.1. The molecular weight excluding hydrogens is 323 g/mol. The Labute approximate surface area is 147 Å². The van der Waals surface area contributed by atoms with Gasteiger partial charge < -0.3 is 15.1 Å². The summed E-state index contributed by atoms with van der Waals surface area (Å²) in [4.78, 5) is 30.4. The van der Waals surface area contributed by atoms with E-state index in [0.29, 0.717) is 38.4 Å². The monoisotopic (exact) mass is 348 g/mol. The third-order valence-corrected chi connectivity index (χ3v) is 4.82. The molecule has 0 aromatic heterocycles. The molecule has 2 fully saturated rings. The van der Waals surface area contributed by atoms with Gasteiger partial charge in [-0.2, -0.15) is 0 Å². The van der Waals surface area contributed by atoms with Gasteiger partial charge >= 0.3 is 6.03 Å². The predicted molar refractivity (Wildman–Crippen MR) is 93.9 cm³/mol. The Balaban J connectivity index is 1.42. The topological polar surface area (TPSA) is 55.9 Å². The molecule has 1 aromatic carbocycles. The van der Waals surface area contributed by atoms with Crippen molar-refractivity contribution >= 4 is 17.6 Å². The van der Waals surface area contributed by atoms with Gasteiger partial charge in [-0.05, 0) is 43.5 Å². The van der Waals surface area contributed by atoms with Crippen LogP contribution in [0, 0.1) is 5.82 Å². The third kappa shape index (κ3) is 4.92. The first-order valence-electron chi connectivity index (χ1n) is 8.93. The van der Waals surface area contributed by atoms with Crippen LogP contribution in [-0.4, -0.2) is 72.5 Å². The number of rotatable bonds is 3. The molecule has 0 aliphatic carbocycles. The van der Waals surface area contributed by atoms with Gasteiger partial charge in [-0.15, -0.1) is 0 Å². The van der Waals surface area contributed by atoms with E-state index in [1.54, 1.807) is 17.0 Å². The molecule has 7 heteroatoms. The van der Waals surface area contributed by atoms with E-state index in [9.17, 15) is 14.0 Å². The van der Waals surface area contributed by atoms with Crippen molar-refractivity contribution in [3.8, 4) is 0 Å². The maximum Gasteiger partial charge on any atom is 0.321 e. The van der Waals surface area contributed by atoms with Crippen molar-refractivity contribution < 1.29 is 14.0 Å². The van der Waals surface area contributed by atoms with Crippen LogP contribution in [0.5, 0.6) is 0 Å². The molecule has 3 amide bonds. The first-order chi connectivity index (χ1) is 12.1. The van der Waals surface area contributed by atoms with Gasteiger partial charge in [0.05, 0.1) is 6.54 Å². The molecule has 2 aliphatic heterocycles. The zero-order chi connectivity index (χ0) is 17.6. The van der Waals surface area contributed by atoms with Crippen molar-refractivity contribution in [2.45, 2.75) is 19.3 Å². The average molecular weight is 348 g/mol. The van der Waals surface area contributed by atoms with Crippen LogP contribution in [0.2, 0.25) is 0 Å². The summed E-state index contributed by atoms with van der Waals surface area (Å²) in [6, 6.07) is 5.54. The fourth-order valence-electron chi connectivity index (χ4n) is 3.28. The minimum atomic E-state index is -0.329. The summed E-state index contributed by atoms with van der Waals surface area (Å²) in [5.41, 5.74) is 0.578. The third-order valence-electron chi connectivity index (χ3n) is 4.82. The first-order valence-corrected chi connectivity index (χ1v) is 8.93. The summed E-state index contributed by atoms with van der Waals surface area (Å²) in [7, 11) is 0. The van der Waals surface area contributed by atoms with Crippen LogP contribution in [0.3, 0.4) is 0 Å². The minimum Gasteiger partial charge on any atom is -0.342 e. The number of nitrogens with one attached hydrogen (secondary N) is 1. The lowest BCUT2D eigenvalue weighted by molar-refractivity contribution is -0.133. The second-order valence-corrected chi connectivity index (χ2v) is 6.64. The summed E-state index contributed by atoms with van der Waals surface area (Å²) in [6.07, 6.45) is 3.41. The normalized spacial score (nSPS) is 18.9. The second-order valence-electron chi connectivity index (χ2n) is 6.64. The lowest BCUT2D eigenvalue weighted by atomic mass is 10.1. The molecule has 2 heterocycles. The molecule has 6 nitrogen and oxygen atoms in total. The molecule has 0 bridgehead atoms. The van der Waals surface area contributed by atoms with Crippen LogP contribution in [0.25, 0.3) is 0 Å². The number of benzene rings is 1. The van der Waals surface area contributed by atoms with E-state index < -0.39 is 0 Å². The number of piperidine rings is 1. The van der Waals surface area contributed by atoms with Crippen LogP contribution in [0.15, 0.2) is 24.3 Å². The molecule has 3 rings (SSSR count). The number of urea groups is 1. The van der Waals surface area contributed by atoms with E-state index in [4.69, 9.17) is 0 Å². The molecule has 0 radical (unpaired) electrons. The maximum atomic E-state index is 12.9. The van der Waals surface area contributed by atoms with Gasteiger partial charge in [-0.25, -0.2) is 9.18 Å². The fraction of sp³-hybridized carbons (Fsp3) is 0.556. The van der Waals surface area contributed by atoms with E-state index in [1.165, 1.54) is 18.6 Å². The molecule has 0 saturated carbocycles. The van der Waals surface area contributed by atoms with Crippen molar-refractivity contribution in [2.24, 2.45) is 0 Å². The Morgan fingerprint density at radius 3 is 2.16 bits per heavy atom. The van der Waals surface area contributed by atoms with Crippen molar-refractivity contribution in [1.82, 2.24) is 14.7 Å². The van der Waals surface area contributed by atoms with Crippen molar-refractivity contribution in [2.75, 3.05) is 51.1 Å². The number of nitrogens with zero attached hydrogens (tertiary/aromatic N) is 3.